The van der Waals surface area contributed by atoms with E-state index in [1.807, 2.05) is 0 Å². The maximum absolute atomic E-state index is 12.8. The number of hydrogen-bond donors (Lipinski definition) is 0. The molecule has 0 aromatic heterocycles. The molecule has 0 aliphatic rings. The fourth-order valence-electron chi connectivity index (χ4n) is 8.16. The fourth-order valence-corrected chi connectivity index (χ4v) is 8.16. The normalized spacial score (nSPS) is 12.2. The Kier molecular flexibility index (Phi) is 51.3. The predicted molar refractivity (Wildman–Crippen MR) is 275 cm³/mol. The number of carbonyl (C=O) groups is 3. The second kappa shape index (κ2) is 53.2. The van der Waals surface area contributed by atoms with Gasteiger partial charge in [-0.3, -0.25) is 14.4 Å². The number of unbranched alkanes of at least 4 members (excludes halogenated alkanes) is 34. The van der Waals surface area contributed by atoms with E-state index in [-0.39, 0.29) is 31.1 Å². The first-order chi connectivity index (χ1) is 31.5. The van der Waals surface area contributed by atoms with E-state index < -0.39 is 6.10 Å². The van der Waals surface area contributed by atoms with Gasteiger partial charge in [-0.1, -0.05) is 256 Å². The van der Waals surface area contributed by atoms with Crippen LogP contribution in [0.25, 0.3) is 0 Å². The standard InChI is InChI=1S/C58H106O6/c1-4-7-10-13-16-19-22-25-27-28-29-30-32-33-36-39-42-45-48-51-57(60)63-54-55(53-62-56(59)50-47-44-41-38-35-24-21-18-15-12-9-6-3)64-58(61)52-49-46-43-40-37-34-31-26-23-20-17-14-11-8-5-2/h16,19,25,27,29-30,55H,4-15,17-18,20-24,26,28,31-54H2,1-3H3/b19-16-,27-25-,30-29-/t55-/m1/s1. The molecule has 374 valence electrons. The van der Waals surface area contributed by atoms with Gasteiger partial charge in [-0.15, -0.1) is 0 Å². The van der Waals surface area contributed by atoms with Crippen molar-refractivity contribution in [1.82, 2.24) is 0 Å². The van der Waals surface area contributed by atoms with Gasteiger partial charge in [0.1, 0.15) is 13.2 Å². The predicted octanol–water partition coefficient (Wildman–Crippen LogP) is 18.5. The number of rotatable bonds is 51. The molecule has 0 heterocycles. The lowest BCUT2D eigenvalue weighted by Gasteiger charge is -2.18. The van der Waals surface area contributed by atoms with Gasteiger partial charge >= 0.3 is 17.9 Å². The third-order valence-corrected chi connectivity index (χ3v) is 12.4. The lowest BCUT2D eigenvalue weighted by molar-refractivity contribution is -0.167. The fraction of sp³-hybridized carbons (Fsp3) is 0.845. The van der Waals surface area contributed by atoms with Gasteiger partial charge in [0.25, 0.3) is 0 Å². The molecule has 64 heavy (non-hydrogen) atoms. The monoisotopic (exact) mass is 899 g/mol. The summed E-state index contributed by atoms with van der Waals surface area (Å²) in [7, 11) is 0. The van der Waals surface area contributed by atoms with E-state index in [0.29, 0.717) is 19.3 Å². The van der Waals surface area contributed by atoms with Crippen molar-refractivity contribution in [3.63, 3.8) is 0 Å². The molecule has 6 heteroatoms. The molecule has 0 bridgehead atoms. The Morgan fingerprint density at radius 2 is 0.562 bits per heavy atom. The van der Waals surface area contributed by atoms with E-state index >= 15 is 0 Å². The molecule has 0 saturated heterocycles. The second-order valence-electron chi connectivity index (χ2n) is 18.9. The lowest BCUT2D eigenvalue weighted by atomic mass is 10.0. The number of allylic oxidation sites excluding steroid dienone is 6. The lowest BCUT2D eigenvalue weighted by Crippen LogP contribution is -2.30. The Balaban J connectivity index is 4.34. The highest BCUT2D eigenvalue weighted by molar-refractivity contribution is 5.71. The van der Waals surface area contributed by atoms with Crippen molar-refractivity contribution in [3.05, 3.63) is 36.5 Å². The number of ether oxygens (including phenoxy) is 3. The van der Waals surface area contributed by atoms with Crippen molar-refractivity contribution in [2.75, 3.05) is 13.2 Å². The van der Waals surface area contributed by atoms with E-state index in [9.17, 15) is 14.4 Å². The minimum Gasteiger partial charge on any atom is -0.462 e. The summed E-state index contributed by atoms with van der Waals surface area (Å²) in [6.45, 7) is 6.63. The van der Waals surface area contributed by atoms with Gasteiger partial charge in [0.2, 0.25) is 0 Å². The highest BCUT2D eigenvalue weighted by atomic mass is 16.6. The molecule has 0 aromatic rings. The summed E-state index contributed by atoms with van der Waals surface area (Å²) >= 11 is 0. The zero-order chi connectivity index (χ0) is 46.5. The van der Waals surface area contributed by atoms with Crippen LogP contribution in [-0.4, -0.2) is 37.2 Å². The molecule has 0 aliphatic carbocycles. The summed E-state index contributed by atoms with van der Waals surface area (Å²) in [5.74, 6) is -0.869. The van der Waals surface area contributed by atoms with Crippen molar-refractivity contribution in [2.45, 2.75) is 303 Å². The molecule has 0 radical (unpaired) electrons. The van der Waals surface area contributed by atoms with Crippen LogP contribution in [0.3, 0.4) is 0 Å². The van der Waals surface area contributed by atoms with Gasteiger partial charge in [-0.2, -0.15) is 0 Å². The first-order valence-corrected chi connectivity index (χ1v) is 28.0. The molecule has 0 saturated carbocycles. The van der Waals surface area contributed by atoms with E-state index in [2.05, 4.69) is 57.2 Å². The smallest absolute Gasteiger partial charge is 0.306 e. The van der Waals surface area contributed by atoms with Gasteiger partial charge in [-0.25, -0.2) is 0 Å². The van der Waals surface area contributed by atoms with Gasteiger partial charge in [0.15, 0.2) is 6.10 Å². The second-order valence-corrected chi connectivity index (χ2v) is 18.9. The van der Waals surface area contributed by atoms with Crippen LogP contribution >= 0.6 is 0 Å². The summed E-state index contributed by atoms with van der Waals surface area (Å²) in [5, 5.41) is 0. The number of carbonyl (C=O) groups excluding carboxylic acids is 3. The molecule has 1 atom stereocenters. The minimum atomic E-state index is -0.772. The van der Waals surface area contributed by atoms with Crippen LogP contribution in [-0.2, 0) is 28.6 Å². The SMILES string of the molecule is CCCCC/C=C\C/C=C\C/C=C\CCCCCCCCC(=O)OC[C@@H](COC(=O)CCCCCCCCCCCCCC)OC(=O)CCCCCCCCCCCCCCCCC. The van der Waals surface area contributed by atoms with Crippen molar-refractivity contribution in [3.8, 4) is 0 Å². The summed E-state index contributed by atoms with van der Waals surface area (Å²) in [4.78, 5) is 38.1. The van der Waals surface area contributed by atoms with E-state index in [1.165, 1.54) is 180 Å². The molecule has 0 N–H and O–H groups in total. The number of esters is 3. The highest BCUT2D eigenvalue weighted by Gasteiger charge is 2.19. The van der Waals surface area contributed by atoms with E-state index in [0.717, 1.165) is 77.0 Å². The van der Waals surface area contributed by atoms with Crippen LogP contribution in [0.5, 0.6) is 0 Å². The van der Waals surface area contributed by atoms with Gasteiger partial charge < -0.3 is 14.2 Å². The summed E-state index contributed by atoms with van der Waals surface area (Å²) < 4.78 is 16.8. The maximum atomic E-state index is 12.8. The van der Waals surface area contributed by atoms with Crippen LogP contribution in [0.15, 0.2) is 36.5 Å². The van der Waals surface area contributed by atoms with Gasteiger partial charge in [0.05, 0.1) is 0 Å². The molecule has 0 aromatic carbocycles. The van der Waals surface area contributed by atoms with Gasteiger partial charge in [0, 0.05) is 19.3 Å². The average Bonchev–Trinajstić information content (AvgIpc) is 3.29. The third kappa shape index (κ3) is 50.6. The first kappa shape index (κ1) is 61.6. The summed E-state index contributed by atoms with van der Waals surface area (Å²) in [6, 6.07) is 0. The van der Waals surface area contributed by atoms with E-state index in [1.54, 1.807) is 0 Å². The van der Waals surface area contributed by atoms with Crippen LogP contribution in [0.4, 0.5) is 0 Å². The molecule has 0 unspecified atom stereocenters. The van der Waals surface area contributed by atoms with Crippen molar-refractivity contribution >= 4 is 17.9 Å². The Morgan fingerprint density at radius 1 is 0.312 bits per heavy atom. The molecule has 0 aliphatic heterocycles. The largest absolute Gasteiger partial charge is 0.462 e. The zero-order valence-corrected chi connectivity index (χ0v) is 42.8. The Bertz CT molecular complexity index is 1080. The van der Waals surface area contributed by atoms with Crippen molar-refractivity contribution < 1.29 is 28.6 Å². The minimum absolute atomic E-state index is 0.0717. The topological polar surface area (TPSA) is 78.9 Å². The molecule has 0 spiro atoms. The molecular weight excluding hydrogens is 793 g/mol. The quantitative estimate of drug-likeness (QED) is 0.0262. The van der Waals surface area contributed by atoms with Crippen molar-refractivity contribution in [2.24, 2.45) is 0 Å². The highest BCUT2D eigenvalue weighted by Crippen LogP contribution is 2.16. The van der Waals surface area contributed by atoms with Crippen LogP contribution in [0.1, 0.15) is 297 Å². The maximum Gasteiger partial charge on any atom is 0.306 e. The van der Waals surface area contributed by atoms with Gasteiger partial charge in [-0.05, 0) is 57.8 Å². The first-order valence-electron chi connectivity index (χ1n) is 28.0. The molecular formula is C58H106O6. The third-order valence-electron chi connectivity index (χ3n) is 12.4. The molecule has 0 amide bonds. The van der Waals surface area contributed by atoms with Crippen molar-refractivity contribution in [1.29, 1.82) is 0 Å². The van der Waals surface area contributed by atoms with Crippen LogP contribution in [0.2, 0.25) is 0 Å². The Morgan fingerprint density at radius 3 is 0.906 bits per heavy atom. The van der Waals surface area contributed by atoms with Crippen LogP contribution < -0.4 is 0 Å². The molecule has 6 nitrogen and oxygen atoms in total. The zero-order valence-electron chi connectivity index (χ0n) is 42.8. The number of hydrogen-bond acceptors (Lipinski definition) is 6. The molecule has 0 rings (SSSR count). The Labute approximate surface area is 397 Å². The summed E-state index contributed by atoms with van der Waals surface area (Å²) in [6.07, 6.45) is 62.7. The summed E-state index contributed by atoms with van der Waals surface area (Å²) in [5.41, 5.74) is 0. The van der Waals surface area contributed by atoms with E-state index in [4.69, 9.17) is 14.2 Å². The Hall–Kier alpha value is -2.37. The average molecular weight is 899 g/mol. The van der Waals surface area contributed by atoms with Crippen LogP contribution in [0, 0.1) is 0 Å². The molecule has 0 fully saturated rings.